The Labute approximate surface area is 169 Å². The maximum atomic E-state index is 11.6. The number of rotatable bonds is 6. The molecule has 3 aromatic rings. The molecule has 0 saturated carbocycles. The van der Waals surface area contributed by atoms with Crippen LogP contribution < -0.4 is 10.5 Å². The second-order valence-corrected chi connectivity index (χ2v) is 6.72. The highest BCUT2D eigenvalue weighted by Gasteiger charge is 2.13. The molecule has 0 aliphatic rings. The molecule has 2 aromatic carbocycles. The molecule has 1 aromatic heterocycles. The van der Waals surface area contributed by atoms with E-state index in [2.05, 4.69) is 10.1 Å². The Morgan fingerprint density at radius 1 is 1.34 bits per heavy atom. The monoisotopic (exact) mass is 411 g/mol. The summed E-state index contributed by atoms with van der Waals surface area (Å²) in [6.07, 6.45) is 1.49. The van der Waals surface area contributed by atoms with Crippen molar-refractivity contribution in [2.24, 2.45) is 15.8 Å². The molecule has 0 bridgehead atoms. The molecule has 0 saturated heterocycles. The van der Waals surface area contributed by atoms with Crippen molar-refractivity contribution in [3.05, 3.63) is 73.9 Å². The van der Waals surface area contributed by atoms with Crippen molar-refractivity contribution in [2.45, 2.75) is 6.92 Å². The van der Waals surface area contributed by atoms with Crippen LogP contribution in [-0.4, -0.2) is 33.4 Å². The van der Waals surface area contributed by atoms with Crippen molar-refractivity contribution in [1.29, 1.82) is 0 Å². The zero-order chi connectivity index (χ0) is 21.0. The van der Waals surface area contributed by atoms with Crippen LogP contribution in [0, 0.1) is 10.1 Å². The molecule has 148 valence electrons. The highest BCUT2D eigenvalue weighted by Crippen LogP contribution is 2.26. The van der Waals surface area contributed by atoms with Gasteiger partial charge in [-0.3, -0.25) is 19.9 Å². The molecule has 0 spiro atoms. The average Bonchev–Trinajstić information content (AvgIpc) is 3.09. The summed E-state index contributed by atoms with van der Waals surface area (Å²) in [5, 5.41) is 27.0. The molecule has 29 heavy (non-hydrogen) atoms. The highest BCUT2D eigenvalue weighted by atomic mass is 32.1. The fraction of sp³-hybridized carbons (Fsp3) is 0.105. The normalized spacial score (nSPS) is 11.8. The molecule has 0 radical (unpaired) electrons. The number of carbonyl (C=O) groups excluding carboxylic acids is 1. The lowest BCUT2D eigenvalue weighted by Gasteiger charge is -2.06. The number of nitrogens with two attached hydrogens (primary N) is 1. The molecular weight excluding hydrogens is 394 g/mol. The first-order valence-electron chi connectivity index (χ1n) is 8.53. The van der Waals surface area contributed by atoms with E-state index in [9.17, 15) is 20.0 Å². The van der Waals surface area contributed by atoms with Crippen LogP contribution in [0.2, 0.25) is 0 Å². The second kappa shape index (κ2) is 8.48. The van der Waals surface area contributed by atoms with Gasteiger partial charge < -0.3 is 10.8 Å². The first-order chi connectivity index (χ1) is 13.9. The number of nitro groups is 1. The number of carbonyl (C=O) groups is 1. The number of hydrogen-bond acceptors (Lipinski definition) is 7. The van der Waals surface area contributed by atoms with Crippen molar-refractivity contribution in [3.63, 3.8) is 0 Å². The highest BCUT2D eigenvalue weighted by molar-refractivity contribution is 7.07. The largest absolute Gasteiger partial charge is 0.507 e. The Kier molecular flexibility index (Phi) is 5.84. The Morgan fingerprint density at radius 2 is 2.14 bits per heavy atom. The van der Waals surface area contributed by atoms with Gasteiger partial charge in [0.15, 0.2) is 0 Å². The van der Waals surface area contributed by atoms with Gasteiger partial charge in [0.05, 0.1) is 22.4 Å². The van der Waals surface area contributed by atoms with Crippen molar-refractivity contribution < 1.29 is 14.8 Å². The summed E-state index contributed by atoms with van der Waals surface area (Å²) in [6, 6.07) is 10.6. The minimum Gasteiger partial charge on any atom is -0.507 e. The van der Waals surface area contributed by atoms with Gasteiger partial charge in [0, 0.05) is 35.2 Å². The fourth-order valence-corrected chi connectivity index (χ4v) is 3.49. The van der Waals surface area contributed by atoms with E-state index in [-0.39, 0.29) is 17.0 Å². The second-order valence-electron chi connectivity index (χ2n) is 5.88. The van der Waals surface area contributed by atoms with E-state index in [0.717, 1.165) is 0 Å². The quantitative estimate of drug-likeness (QED) is 0.366. The SMILES string of the molecule is CCN=c1scc(-c2ccc(O)c(C(N)=O)c2)n1/N=C\c1cccc([N+](=O)[O-])c1. The fourth-order valence-electron chi connectivity index (χ4n) is 2.59. The van der Waals surface area contributed by atoms with Crippen LogP contribution >= 0.6 is 11.3 Å². The molecule has 0 aliphatic carbocycles. The van der Waals surface area contributed by atoms with Gasteiger partial charge in [-0.2, -0.15) is 5.10 Å². The van der Waals surface area contributed by atoms with E-state index in [0.29, 0.717) is 28.2 Å². The van der Waals surface area contributed by atoms with E-state index in [4.69, 9.17) is 5.73 Å². The third kappa shape index (κ3) is 4.38. The summed E-state index contributed by atoms with van der Waals surface area (Å²) >= 11 is 1.35. The lowest BCUT2D eigenvalue weighted by Crippen LogP contribution is -2.13. The molecular formula is C19H17N5O4S. The number of nitrogens with zero attached hydrogens (tertiary/aromatic N) is 4. The third-order valence-electron chi connectivity index (χ3n) is 3.94. The number of non-ortho nitro benzene ring substituents is 1. The van der Waals surface area contributed by atoms with Crippen LogP contribution in [0.3, 0.4) is 0 Å². The minimum absolute atomic E-state index is 0.00288. The number of aromatic nitrogens is 1. The van der Waals surface area contributed by atoms with Gasteiger partial charge in [0.25, 0.3) is 11.6 Å². The van der Waals surface area contributed by atoms with Gasteiger partial charge in [0.1, 0.15) is 5.75 Å². The lowest BCUT2D eigenvalue weighted by molar-refractivity contribution is -0.384. The number of phenols is 1. The van der Waals surface area contributed by atoms with Crippen LogP contribution in [0.15, 0.2) is 57.9 Å². The van der Waals surface area contributed by atoms with Crippen LogP contribution in [0.25, 0.3) is 11.3 Å². The Hall–Kier alpha value is -3.79. The predicted molar refractivity (Wildman–Crippen MR) is 110 cm³/mol. The molecule has 0 aliphatic heterocycles. The van der Waals surface area contributed by atoms with E-state index < -0.39 is 10.8 Å². The zero-order valence-electron chi connectivity index (χ0n) is 15.3. The number of amides is 1. The predicted octanol–water partition coefficient (Wildman–Crippen LogP) is 2.73. The van der Waals surface area contributed by atoms with Gasteiger partial charge >= 0.3 is 0 Å². The summed E-state index contributed by atoms with van der Waals surface area (Å²) in [7, 11) is 0. The van der Waals surface area contributed by atoms with Gasteiger partial charge in [-0.1, -0.05) is 12.1 Å². The first-order valence-corrected chi connectivity index (χ1v) is 9.41. The number of hydrogen-bond donors (Lipinski definition) is 2. The van der Waals surface area contributed by atoms with Gasteiger partial charge in [0.2, 0.25) is 4.80 Å². The summed E-state index contributed by atoms with van der Waals surface area (Å²) in [6.45, 7) is 2.42. The number of primary amides is 1. The molecule has 3 N–H and O–H groups in total. The van der Waals surface area contributed by atoms with Crippen LogP contribution in [0.4, 0.5) is 5.69 Å². The van der Waals surface area contributed by atoms with E-state index in [1.165, 1.54) is 41.8 Å². The smallest absolute Gasteiger partial charge is 0.270 e. The molecule has 0 fully saturated rings. The maximum absolute atomic E-state index is 11.6. The van der Waals surface area contributed by atoms with Crippen LogP contribution in [0.5, 0.6) is 5.75 Å². The molecule has 1 amide bonds. The summed E-state index contributed by atoms with van der Waals surface area (Å²) in [5.74, 6) is -0.953. The van der Waals surface area contributed by atoms with Crippen molar-refractivity contribution in [3.8, 4) is 17.0 Å². The van der Waals surface area contributed by atoms with Gasteiger partial charge in [-0.25, -0.2) is 4.68 Å². The van der Waals surface area contributed by atoms with E-state index in [1.807, 2.05) is 12.3 Å². The molecule has 0 unspecified atom stereocenters. The zero-order valence-corrected chi connectivity index (χ0v) is 16.2. The molecule has 3 rings (SSSR count). The standard InChI is InChI=1S/C19H17N5O4S/c1-2-21-19-23(22-10-12-4-3-5-14(8-12)24(27)28)16(11-29-19)13-6-7-17(25)15(9-13)18(20)26/h3-11,25H,2H2,1H3,(H2,20,26)/b21-19?,22-10-. The lowest BCUT2D eigenvalue weighted by atomic mass is 10.1. The molecule has 10 heteroatoms. The molecule has 0 atom stereocenters. The number of thiazole rings is 1. The van der Waals surface area contributed by atoms with E-state index >= 15 is 0 Å². The summed E-state index contributed by atoms with van der Waals surface area (Å²) < 4.78 is 1.57. The summed E-state index contributed by atoms with van der Waals surface area (Å²) in [4.78, 5) is 27.1. The average molecular weight is 411 g/mol. The molecule has 9 nitrogen and oxygen atoms in total. The topological polar surface area (TPSA) is 136 Å². The van der Waals surface area contributed by atoms with Crippen molar-refractivity contribution in [1.82, 2.24) is 4.68 Å². The number of nitro benzene ring substituents is 1. The van der Waals surface area contributed by atoms with Crippen LogP contribution in [-0.2, 0) is 0 Å². The molecule has 1 heterocycles. The van der Waals surface area contributed by atoms with Crippen molar-refractivity contribution >= 4 is 29.1 Å². The Balaban J connectivity index is 2.10. The van der Waals surface area contributed by atoms with Gasteiger partial charge in [-0.15, -0.1) is 11.3 Å². The Bertz CT molecular complexity index is 1180. The summed E-state index contributed by atoms with van der Waals surface area (Å²) in [5.41, 5.74) is 7.08. The first kappa shape index (κ1) is 20.0. The maximum Gasteiger partial charge on any atom is 0.270 e. The van der Waals surface area contributed by atoms with Gasteiger partial charge in [-0.05, 0) is 25.1 Å². The minimum atomic E-state index is -0.746. The Morgan fingerprint density at radius 3 is 2.83 bits per heavy atom. The third-order valence-corrected chi connectivity index (χ3v) is 4.79. The van der Waals surface area contributed by atoms with Crippen LogP contribution in [0.1, 0.15) is 22.8 Å². The number of aromatic hydroxyl groups is 1. The van der Waals surface area contributed by atoms with E-state index in [1.54, 1.807) is 22.9 Å². The number of benzene rings is 2. The van der Waals surface area contributed by atoms with Crippen molar-refractivity contribution in [2.75, 3.05) is 6.54 Å².